The van der Waals surface area contributed by atoms with E-state index in [4.69, 9.17) is 4.52 Å². The van der Waals surface area contributed by atoms with Gasteiger partial charge in [0.25, 0.3) is 0 Å². The molecule has 1 aromatic carbocycles. The Morgan fingerprint density at radius 1 is 1.11 bits per heavy atom. The Labute approximate surface area is 211 Å². The number of aromatic nitrogens is 6. The second kappa shape index (κ2) is 9.64. The Balaban J connectivity index is 1.39. The van der Waals surface area contributed by atoms with Crippen LogP contribution in [0, 0.1) is 18.6 Å². The fourth-order valence-corrected chi connectivity index (χ4v) is 4.75. The van der Waals surface area contributed by atoms with Crippen LogP contribution in [0.5, 0.6) is 0 Å². The van der Waals surface area contributed by atoms with Gasteiger partial charge in [-0.15, -0.1) is 0 Å². The van der Waals surface area contributed by atoms with Crippen LogP contribution >= 0.6 is 0 Å². The molecule has 2 aliphatic rings. The highest BCUT2D eigenvalue weighted by molar-refractivity contribution is 6.09. The minimum Gasteiger partial charge on any atom is -0.342 e. The van der Waals surface area contributed by atoms with Gasteiger partial charge in [-0.25, -0.2) is 18.7 Å². The van der Waals surface area contributed by atoms with Gasteiger partial charge < -0.3 is 9.42 Å². The highest BCUT2D eigenvalue weighted by Crippen LogP contribution is 2.35. The predicted molar refractivity (Wildman–Crippen MR) is 132 cm³/mol. The Kier molecular flexibility index (Phi) is 6.03. The van der Waals surface area contributed by atoms with E-state index in [2.05, 4.69) is 30.2 Å². The molecule has 0 spiro atoms. The first-order valence-electron chi connectivity index (χ1n) is 12.2. The van der Waals surface area contributed by atoms with Crippen molar-refractivity contribution in [3.05, 3.63) is 83.3 Å². The maximum atomic E-state index is 15.1. The molecule has 37 heavy (non-hydrogen) atoms. The quantitative estimate of drug-likeness (QED) is 0.384. The first-order valence-corrected chi connectivity index (χ1v) is 12.2. The van der Waals surface area contributed by atoms with Crippen molar-refractivity contribution in [1.29, 1.82) is 0 Å². The first kappa shape index (κ1) is 23.1. The van der Waals surface area contributed by atoms with Crippen molar-refractivity contribution in [2.45, 2.75) is 38.8 Å². The van der Waals surface area contributed by atoms with E-state index in [0.29, 0.717) is 41.8 Å². The number of halogens is 2. The number of hydrogen-bond acceptors (Lipinski definition) is 8. The molecule has 4 aromatic rings. The lowest BCUT2D eigenvalue weighted by Gasteiger charge is -2.34. The molecule has 2 aliphatic heterocycles. The maximum absolute atomic E-state index is 15.1. The molecule has 0 aliphatic carbocycles. The van der Waals surface area contributed by atoms with Crippen LogP contribution in [0.1, 0.15) is 48.3 Å². The maximum Gasteiger partial charge on any atom is 0.249 e. The largest absolute Gasteiger partial charge is 0.342 e. The normalized spacial score (nSPS) is 17.4. The second-order valence-electron chi connectivity index (χ2n) is 9.04. The van der Waals surface area contributed by atoms with E-state index < -0.39 is 5.82 Å². The third kappa shape index (κ3) is 4.52. The number of hydrogen-bond donors (Lipinski definition) is 0. The van der Waals surface area contributed by atoms with Gasteiger partial charge in [-0.3, -0.25) is 9.67 Å². The summed E-state index contributed by atoms with van der Waals surface area (Å²) in [4.78, 5) is 19.6. The third-order valence-corrected chi connectivity index (χ3v) is 6.52. The lowest BCUT2D eigenvalue weighted by molar-refractivity contribution is 0.319. The molecule has 9 nitrogen and oxygen atoms in total. The van der Waals surface area contributed by atoms with E-state index >= 15 is 4.39 Å². The summed E-state index contributed by atoms with van der Waals surface area (Å²) < 4.78 is 36.6. The van der Waals surface area contributed by atoms with Gasteiger partial charge in [0.05, 0.1) is 30.7 Å². The van der Waals surface area contributed by atoms with Crippen molar-refractivity contribution >= 4 is 11.5 Å². The summed E-state index contributed by atoms with van der Waals surface area (Å²) >= 11 is 0. The number of aryl methyl sites for hydroxylation is 1. The lowest BCUT2D eigenvalue weighted by atomic mass is 10.0. The molecular formula is C26H24F2N8O. The summed E-state index contributed by atoms with van der Waals surface area (Å²) in [5.41, 5.74) is 2.38. The fourth-order valence-electron chi connectivity index (χ4n) is 4.75. The van der Waals surface area contributed by atoms with Gasteiger partial charge in [0.15, 0.2) is 23.3 Å². The molecule has 0 bridgehead atoms. The number of allylic oxidation sites excluding steroid dienone is 1. The molecule has 6 rings (SSSR count). The minimum absolute atomic E-state index is 0.161. The van der Waals surface area contributed by atoms with Gasteiger partial charge in [0.2, 0.25) is 5.89 Å². The molecule has 1 unspecified atom stereocenters. The van der Waals surface area contributed by atoms with E-state index in [9.17, 15) is 4.39 Å². The fraction of sp³-hybridized carbons (Fsp3) is 0.308. The molecule has 188 valence electrons. The SMILES string of the molecule is Cc1noc(C2CCCCN2c2nc(-c3cc(C4=NCC=C4)n(Cc4ccccc4F)n3)ncc2F)n1. The smallest absolute Gasteiger partial charge is 0.249 e. The van der Waals surface area contributed by atoms with Crippen LogP contribution in [0.4, 0.5) is 14.6 Å². The first-order chi connectivity index (χ1) is 18.1. The summed E-state index contributed by atoms with van der Waals surface area (Å²) in [5, 5.41) is 8.59. The van der Waals surface area contributed by atoms with Gasteiger partial charge >= 0.3 is 0 Å². The zero-order chi connectivity index (χ0) is 25.4. The summed E-state index contributed by atoms with van der Waals surface area (Å²) in [6.07, 6.45) is 7.59. The van der Waals surface area contributed by atoms with Crippen LogP contribution in [0.25, 0.3) is 11.5 Å². The van der Waals surface area contributed by atoms with Crippen molar-refractivity contribution in [1.82, 2.24) is 29.9 Å². The lowest BCUT2D eigenvalue weighted by Crippen LogP contribution is -2.35. The van der Waals surface area contributed by atoms with E-state index in [1.165, 1.54) is 6.07 Å². The molecule has 0 saturated carbocycles. The van der Waals surface area contributed by atoms with E-state index in [0.717, 1.165) is 31.2 Å². The number of piperidine rings is 1. The van der Waals surface area contributed by atoms with Gasteiger partial charge in [-0.05, 0) is 44.4 Å². The minimum atomic E-state index is -0.541. The third-order valence-electron chi connectivity index (χ3n) is 6.52. The van der Waals surface area contributed by atoms with Crippen LogP contribution in [0.3, 0.4) is 0 Å². The van der Waals surface area contributed by atoms with Crippen LogP contribution in [0.2, 0.25) is 0 Å². The van der Waals surface area contributed by atoms with Crippen molar-refractivity contribution in [2.24, 2.45) is 4.99 Å². The van der Waals surface area contributed by atoms with Crippen LogP contribution in [-0.2, 0) is 6.54 Å². The van der Waals surface area contributed by atoms with Crippen LogP contribution < -0.4 is 4.90 Å². The highest BCUT2D eigenvalue weighted by atomic mass is 19.1. The molecule has 0 amide bonds. The van der Waals surface area contributed by atoms with E-state index in [1.807, 2.05) is 17.1 Å². The molecule has 11 heteroatoms. The Bertz CT molecular complexity index is 1510. The molecule has 3 aromatic heterocycles. The number of aliphatic imine (C=N–C) groups is 1. The van der Waals surface area contributed by atoms with Crippen molar-refractivity contribution in [2.75, 3.05) is 18.0 Å². The van der Waals surface area contributed by atoms with Gasteiger partial charge in [0, 0.05) is 12.1 Å². The van der Waals surface area contributed by atoms with Gasteiger partial charge in [-0.1, -0.05) is 29.4 Å². The molecule has 0 N–H and O–H groups in total. The average molecular weight is 503 g/mol. The van der Waals surface area contributed by atoms with Crippen molar-refractivity contribution in [3.63, 3.8) is 0 Å². The Hall–Kier alpha value is -4.28. The Morgan fingerprint density at radius 3 is 2.78 bits per heavy atom. The highest BCUT2D eigenvalue weighted by Gasteiger charge is 2.32. The predicted octanol–water partition coefficient (Wildman–Crippen LogP) is 4.45. The van der Waals surface area contributed by atoms with Crippen molar-refractivity contribution in [3.8, 4) is 11.5 Å². The van der Waals surface area contributed by atoms with Gasteiger partial charge in [0.1, 0.15) is 17.6 Å². The number of rotatable bonds is 6. The number of nitrogens with zero attached hydrogens (tertiary/aromatic N) is 8. The molecule has 5 heterocycles. The summed E-state index contributed by atoms with van der Waals surface area (Å²) in [6, 6.07) is 8.09. The second-order valence-corrected chi connectivity index (χ2v) is 9.04. The zero-order valence-corrected chi connectivity index (χ0v) is 20.2. The zero-order valence-electron chi connectivity index (χ0n) is 20.2. The summed E-state index contributed by atoms with van der Waals surface area (Å²) in [7, 11) is 0. The van der Waals surface area contributed by atoms with Crippen molar-refractivity contribution < 1.29 is 13.3 Å². The van der Waals surface area contributed by atoms with Gasteiger partial charge in [-0.2, -0.15) is 10.1 Å². The molecular weight excluding hydrogens is 478 g/mol. The molecule has 0 radical (unpaired) electrons. The standard InChI is InChI=1S/C26H24F2N8O/c1-16-31-26(37-34-16)22-10-4-5-12-35(22)25-19(28)14-30-24(32-25)21-13-23(20-9-6-11-29-20)36(33-21)15-17-7-2-3-8-18(17)27/h2-3,6-9,13-14,22H,4-5,10-12,15H2,1H3. The van der Waals surface area contributed by atoms with Crippen LogP contribution in [0.15, 0.2) is 58.2 Å². The molecule has 1 fully saturated rings. The molecule has 1 atom stereocenters. The monoisotopic (exact) mass is 502 g/mol. The number of anilines is 1. The van der Waals surface area contributed by atoms with E-state index in [1.54, 1.807) is 35.9 Å². The average Bonchev–Trinajstić information content (AvgIpc) is 3.67. The molecule has 1 saturated heterocycles. The van der Waals surface area contributed by atoms with Crippen LogP contribution in [-0.4, -0.2) is 48.7 Å². The topological polar surface area (TPSA) is 98.1 Å². The Morgan fingerprint density at radius 2 is 2.00 bits per heavy atom. The van der Waals surface area contributed by atoms with E-state index in [-0.39, 0.29) is 30.0 Å². The number of benzene rings is 1. The summed E-state index contributed by atoms with van der Waals surface area (Å²) in [6.45, 7) is 3.11. The summed E-state index contributed by atoms with van der Waals surface area (Å²) in [5.74, 6) is 0.538.